The molecule has 2 unspecified atom stereocenters. The average Bonchev–Trinajstić information content (AvgIpc) is 2.47. The lowest BCUT2D eigenvalue weighted by molar-refractivity contribution is 0.0912. The molecule has 1 aromatic carbocycles. The monoisotopic (exact) mass is 247 g/mol. The van der Waals surface area contributed by atoms with Crippen LogP contribution in [0.4, 0.5) is 0 Å². The number of para-hydroxylation sites is 1. The van der Waals surface area contributed by atoms with Crippen molar-refractivity contribution < 1.29 is 9.47 Å². The van der Waals surface area contributed by atoms with Crippen LogP contribution in [0.1, 0.15) is 24.8 Å². The molecule has 0 aromatic heterocycles. The Labute approximate surface area is 108 Å². The molecular weight excluding hydrogens is 226 g/mol. The highest BCUT2D eigenvalue weighted by Gasteiger charge is 2.30. The van der Waals surface area contributed by atoms with Crippen molar-refractivity contribution in [1.82, 2.24) is 5.32 Å². The smallest absolute Gasteiger partial charge is 0.164 e. The van der Waals surface area contributed by atoms with Crippen molar-refractivity contribution in [2.75, 3.05) is 20.2 Å². The molecule has 2 aliphatic heterocycles. The summed E-state index contributed by atoms with van der Waals surface area (Å²) in [6, 6.07) is 6.18. The predicted molar refractivity (Wildman–Crippen MR) is 71.3 cm³/mol. The van der Waals surface area contributed by atoms with Crippen LogP contribution in [0.3, 0.4) is 0 Å². The van der Waals surface area contributed by atoms with Gasteiger partial charge in [0.15, 0.2) is 11.5 Å². The summed E-state index contributed by atoms with van der Waals surface area (Å²) in [5.41, 5.74) is 1.29. The molecule has 0 spiro atoms. The van der Waals surface area contributed by atoms with E-state index in [2.05, 4.69) is 11.4 Å². The second-order valence-corrected chi connectivity index (χ2v) is 5.25. The summed E-state index contributed by atoms with van der Waals surface area (Å²) in [6.45, 7) is 2.25. The Bertz CT molecular complexity index is 399. The van der Waals surface area contributed by atoms with E-state index in [1.807, 2.05) is 12.1 Å². The molecule has 2 aliphatic rings. The van der Waals surface area contributed by atoms with E-state index in [-0.39, 0.29) is 0 Å². The normalized spacial score (nSPS) is 27.2. The summed E-state index contributed by atoms with van der Waals surface area (Å²) in [4.78, 5) is 0. The summed E-state index contributed by atoms with van der Waals surface area (Å²) < 4.78 is 11.6. The lowest BCUT2D eigenvalue weighted by Crippen LogP contribution is -2.41. The maximum atomic E-state index is 6.23. The summed E-state index contributed by atoms with van der Waals surface area (Å²) in [5.74, 6) is 2.50. The maximum Gasteiger partial charge on any atom is 0.164 e. The number of nitrogens with one attached hydrogen (secondary N) is 1. The third kappa shape index (κ3) is 2.19. The molecule has 1 aromatic rings. The summed E-state index contributed by atoms with van der Waals surface area (Å²) in [6.07, 6.45) is 5.13. The fourth-order valence-corrected chi connectivity index (χ4v) is 3.09. The minimum absolute atomic E-state index is 0.349. The number of benzene rings is 1. The first-order chi connectivity index (χ1) is 8.88. The molecular formula is C15H21NO2. The Balaban J connectivity index is 1.79. The van der Waals surface area contributed by atoms with Crippen molar-refractivity contribution in [3.63, 3.8) is 0 Å². The van der Waals surface area contributed by atoms with Gasteiger partial charge in [0.1, 0.15) is 6.10 Å². The Morgan fingerprint density at radius 3 is 3.06 bits per heavy atom. The van der Waals surface area contributed by atoms with E-state index in [0.29, 0.717) is 12.0 Å². The molecule has 0 bridgehead atoms. The number of methoxy groups -OCH3 is 1. The van der Waals surface area contributed by atoms with Gasteiger partial charge in [0.2, 0.25) is 0 Å². The van der Waals surface area contributed by atoms with Gasteiger partial charge in [-0.1, -0.05) is 12.1 Å². The van der Waals surface area contributed by atoms with Crippen LogP contribution in [0.2, 0.25) is 0 Å². The highest BCUT2D eigenvalue weighted by Crippen LogP contribution is 2.38. The van der Waals surface area contributed by atoms with Crippen LogP contribution in [0, 0.1) is 5.92 Å². The molecule has 2 heterocycles. The van der Waals surface area contributed by atoms with Crippen LogP contribution in [-0.2, 0) is 6.42 Å². The Kier molecular flexibility index (Phi) is 3.41. The first kappa shape index (κ1) is 11.8. The Morgan fingerprint density at radius 2 is 2.28 bits per heavy atom. The lowest BCUT2D eigenvalue weighted by Gasteiger charge is -2.35. The third-order valence-corrected chi connectivity index (χ3v) is 4.11. The quantitative estimate of drug-likeness (QED) is 0.870. The van der Waals surface area contributed by atoms with Gasteiger partial charge in [0.05, 0.1) is 7.11 Å². The van der Waals surface area contributed by atoms with E-state index in [1.165, 1.54) is 18.4 Å². The minimum Gasteiger partial charge on any atom is -0.493 e. The van der Waals surface area contributed by atoms with Crippen LogP contribution >= 0.6 is 0 Å². The summed E-state index contributed by atoms with van der Waals surface area (Å²) >= 11 is 0. The molecule has 3 rings (SSSR count). The van der Waals surface area contributed by atoms with Crippen molar-refractivity contribution >= 4 is 0 Å². The number of hydrogen-bond donors (Lipinski definition) is 1. The van der Waals surface area contributed by atoms with Gasteiger partial charge in [0.25, 0.3) is 0 Å². The molecule has 2 atom stereocenters. The van der Waals surface area contributed by atoms with Crippen molar-refractivity contribution in [3.8, 4) is 11.5 Å². The molecule has 98 valence electrons. The molecule has 0 amide bonds. The van der Waals surface area contributed by atoms with E-state index in [1.54, 1.807) is 7.11 Å². The second kappa shape index (κ2) is 5.19. The topological polar surface area (TPSA) is 30.5 Å². The van der Waals surface area contributed by atoms with Crippen molar-refractivity contribution in [2.24, 2.45) is 5.92 Å². The molecule has 3 nitrogen and oxygen atoms in total. The van der Waals surface area contributed by atoms with Gasteiger partial charge in [-0.25, -0.2) is 0 Å². The zero-order chi connectivity index (χ0) is 12.4. The average molecular weight is 247 g/mol. The van der Waals surface area contributed by atoms with E-state index in [4.69, 9.17) is 9.47 Å². The van der Waals surface area contributed by atoms with Crippen molar-refractivity contribution in [3.05, 3.63) is 23.8 Å². The van der Waals surface area contributed by atoms with Gasteiger partial charge < -0.3 is 14.8 Å². The van der Waals surface area contributed by atoms with Gasteiger partial charge in [0, 0.05) is 12.5 Å². The van der Waals surface area contributed by atoms with Crippen LogP contribution in [-0.4, -0.2) is 26.3 Å². The maximum absolute atomic E-state index is 6.23. The standard InChI is InChI=1S/C15H21NO2/c1-17-14-6-2-4-11-7-8-13(18-15(11)14)12-5-3-9-16-10-12/h2,4,6,12-13,16H,3,5,7-10H2,1H3. The highest BCUT2D eigenvalue weighted by atomic mass is 16.5. The predicted octanol–water partition coefficient (Wildman–Crippen LogP) is 2.39. The van der Waals surface area contributed by atoms with Crippen LogP contribution < -0.4 is 14.8 Å². The number of aryl methyl sites for hydroxylation is 1. The largest absolute Gasteiger partial charge is 0.493 e. The fourth-order valence-electron chi connectivity index (χ4n) is 3.09. The van der Waals surface area contributed by atoms with Crippen LogP contribution in [0.5, 0.6) is 11.5 Å². The Morgan fingerprint density at radius 1 is 1.33 bits per heavy atom. The van der Waals surface area contributed by atoms with Gasteiger partial charge in [-0.3, -0.25) is 0 Å². The molecule has 0 saturated carbocycles. The third-order valence-electron chi connectivity index (χ3n) is 4.11. The number of piperidine rings is 1. The number of hydrogen-bond acceptors (Lipinski definition) is 3. The van der Waals surface area contributed by atoms with Gasteiger partial charge in [-0.2, -0.15) is 0 Å². The molecule has 1 saturated heterocycles. The fraction of sp³-hybridized carbons (Fsp3) is 0.600. The molecule has 1 N–H and O–H groups in total. The molecule has 0 radical (unpaired) electrons. The number of rotatable bonds is 2. The second-order valence-electron chi connectivity index (χ2n) is 5.25. The molecule has 3 heteroatoms. The first-order valence-electron chi connectivity index (χ1n) is 6.91. The number of ether oxygens (including phenoxy) is 2. The molecule has 0 aliphatic carbocycles. The highest BCUT2D eigenvalue weighted by molar-refractivity contribution is 5.47. The lowest BCUT2D eigenvalue weighted by atomic mass is 9.88. The number of fused-ring (bicyclic) bond motifs is 1. The first-order valence-corrected chi connectivity index (χ1v) is 6.91. The molecule has 18 heavy (non-hydrogen) atoms. The molecule has 1 fully saturated rings. The van der Waals surface area contributed by atoms with Crippen LogP contribution in [0.25, 0.3) is 0 Å². The van der Waals surface area contributed by atoms with E-state index >= 15 is 0 Å². The van der Waals surface area contributed by atoms with Gasteiger partial charge in [-0.05, 0) is 43.9 Å². The van der Waals surface area contributed by atoms with E-state index in [9.17, 15) is 0 Å². The zero-order valence-electron chi connectivity index (χ0n) is 10.9. The van der Waals surface area contributed by atoms with Gasteiger partial charge in [-0.15, -0.1) is 0 Å². The van der Waals surface area contributed by atoms with Crippen molar-refractivity contribution in [2.45, 2.75) is 31.8 Å². The van der Waals surface area contributed by atoms with E-state index < -0.39 is 0 Å². The van der Waals surface area contributed by atoms with Gasteiger partial charge >= 0.3 is 0 Å². The minimum atomic E-state index is 0.349. The summed E-state index contributed by atoms with van der Waals surface area (Å²) in [7, 11) is 1.71. The van der Waals surface area contributed by atoms with Crippen molar-refractivity contribution in [1.29, 1.82) is 0 Å². The Hall–Kier alpha value is -1.22. The summed E-state index contributed by atoms with van der Waals surface area (Å²) in [5, 5.41) is 3.47. The SMILES string of the molecule is COc1cccc2c1OC(C1CCCNC1)CC2. The van der Waals surface area contributed by atoms with Crippen LogP contribution in [0.15, 0.2) is 18.2 Å². The zero-order valence-corrected chi connectivity index (χ0v) is 10.9. The van der Waals surface area contributed by atoms with E-state index in [0.717, 1.165) is 37.4 Å².